The lowest BCUT2D eigenvalue weighted by Crippen LogP contribution is -2.42. The Morgan fingerprint density at radius 1 is 1.53 bits per heavy atom. The van der Waals surface area contributed by atoms with Crippen molar-refractivity contribution >= 4 is 11.7 Å². The number of hydrogen-bond donors (Lipinski definition) is 1. The van der Waals surface area contributed by atoms with Gasteiger partial charge in [-0.05, 0) is 12.1 Å². The molecule has 92 valence electrons. The Balaban J connectivity index is 2.73. The maximum atomic E-state index is 11.7. The van der Waals surface area contributed by atoms with Crippen molar-refractivity contribution in [2.24, 2.45) is 0 Å². The third-order valence-electron chi connectivity index (χ3n) is 2.42. The largest absolute Gasteiger partial charge is 0.460 e. The lowest BCUT2D eigenvalue weighted by Gasteiger charge is -2.26. The van der Waals surface area contributed by atoms with Crippen molar-refractivity contribution in [1.29, 1.82) is 0 Å². The SMILES string of the molecule is C=CCOC(=O)[C@H](CO)N(C)c1ccccc1. The fourth-order valence-electron chi connectivity index (χ4n) is 1.44. The predicted octanol–water partition coefficient (Wildman–Crippen LogP) is 1.21. The average Bonchev–Trinajstić information content (AvgIpc) is 2.38. The lowest BCUT2D eigenvalue weighted by atomic mass is 10.2. The van der Waals surface area contributed by atoms with Crippen molar-refractivity contribution in [3.05, 3.63) is 43.0 Å². The van der Waals surface area contributed by atoms with Crippen LogP contribution in [0.15, 0.2) is 43.0 Å². The number of para-hydroxylation sites is 1. The molecule has 1 atom stereocenters. The third kappa shape index (κ3) is 3.60. The molecule has 1 rings (SSSR count). The lowest BCUT2D eigenvalue weighted by molar-refractivity contribution is -0.144. The molecule has 0 aliphatic carbocycles. The molecule has 0 unspecified atom stereocenters. The number of carbonyl (C=O) groups is 1. The fourth-order valence-corrected chi connectivity index (χ4v) is 1.44. The Bertz CT molecular complexity index is 364. The van der Waals surface area contributed by atoms with Gasteiger partial charge in [0, 0.05) is 12.7 Å². The molecule has 1 aromatic carbocycles. The topological polar surface area (TPSA) is 49.8 Å². The van der Waals surface area contributed by atoms with E-state index in [4.69, 9.17) is 4.74 Å². The molecule has 0 amide bonds. The van der Waals surface area contributed by atoms with E-state index >= 15 is 0 Å². The Hall–Kier alpha value is -1.81. The fraction of sp³-hybridized carbons (Fsp3) is 0.308. The number of benzene rings is 1. The third-order valence-corrected chi connectivity index (χ3v) is 2.42. The molecule has 0 saturated carbocycles. The zero-order chi connectivity index (χ0) is 12.7. The molecule has 0 spiro atoms. The van der Waals surface area contributed by atoms with E-state index in [9.17, 15) is 9.90 Å². The van der Waals surface area contributed by atoms with Gasteiger partial charge in [-0.3, -0.25) is 0 Å². The Morgan fingerprint density at radius 3 is 2.71 bits per heavy atom. The molecule has 0 saturated heterocycles. The zero-order valence-corrected chi connectivity index (χ0v) is 9.87. The zero-order valence-electron chi connectivity index (χ0n) is 9.87. The van der Waals surface area contributed by atoms with Crippen molar-refractivity contribution in [2.75, 3.05) is 25.2 Å². The highest BCUT2D eigenvalue weighted by molar-refractivity contribution is 5.80. The van der Waals surface area contributed by atoms with E-state index in [1.54, 1.807) is 11.9 Å². The van der Waals surface area contributed by atoms with Crippen LogP contribution in [-0.2, 0) is 9.53 Å². The summed E-state index contributed by atoms with van der Waals surface area (Å²) >= 11 is 0. The van der Waals surface area contributed by atoms with Crippen LogP contribution in [0.25, 0.3) is 0 Å². The smallest absolute Gasteiger partial charge is 0.331 e. The highest BCUT2D eigenvalue weighted by Gasteiger charge is 2.23. The molecule has 0 radical (unpaired) electrons. The van der Waals surface area contributed by atoms with Crippen molar-refractivity contribution < 1.29 is 14.6 Å². The molecule has 0 aliphatic heterocycles. The monoisotopic (exact) mass is 235 g/mol. The van der Waals surface area contributed by atoms with Crippen molar-refractivity contribution in [3.63, 3.8) is 0 Å². The summed E-state index contributed by atoms with van der Waals surface area (Å²) in [6.45, 7) is 3.33. The van der Waals surface area contributed by atoms with E-state index in [0.29, 0.717) is 0 Å². The average molecular weight is 235 g/mol. The second-order valence-electron chi connectivity index (χ2n) is 3.56. The molecule has 1 aromatic rings. The first-order valence-corrected chi connectivity index (χ1v) is 5.37. The van der Waals surface area contributed by atoms with Gasteiger partial charge in [0.15, 0.2) is 6.04 Å². The van der Waals surface area contributed by atoms with Crippen LogP contribution in [0, 0.1) is 0 Å². The van der Waals surface area contributed by atoms with Gasteiger partial charge in [0.1, 0.15) is 6.61 Å². The minimum atomic E-state index is -0.697. The Kier molecular flexibility index (Phi) is 5.23. The van der Waals surface area contributed by atoms with Gasteiger partial charge in [0.25, 0.3) is 0 Å². The van der Waals surface area contributed by atoms with Crippen LogP contribution in [-0.4, -0.2) is 37.4 Å². The van der Waals surface area contributed by atoms with Gasteiger partial charge < -0.3 is 14.7 Å². The summed E-state index contributed by atoms with van der Waals surface area (Å²) in [7, 11) is 1.74. The number of aliphatic hydroxyl groups is 1. The minimum absolute atomic E-state index is 0.151. The quantitative estimate of drug-likeness (QED) is 0.595. The van der Waals surface area contributed by atoms with E-state index in [-0.39, 0.29) is 13.2 Å². The number of rotatable bonds is 6. The number of likely N-dealkylation sites (N-methyl/N-ethyl adjacent to an activating group) is 1. The summed E-state index contributed by atoms with van der Waals surface area (Å²) < 4.78 is 4.93. The van der Waals surface area contributed by atoms with Gasteiger partial charge in [-0.25, -0.2) is 4.79 Å². The second kappa shape index (κ2) is 6.70. The number of aliphatic hydroxyl groups excluding tert-OH is 1. The van der Waals surface area contributed by atoms with Gasteiger partial charge in [0.2, 0.25) is 0 Å². The van der Waals surface area contributed by atoms with E-state index in [2.05, 4.69) is 6.58 Å². The van der Waals surface area contributed by atoms with Crippen LogP contribution in [0.4, 0.5) is 5.69 Å². The van der Waals surface area contributed by atoms with Crippen LogP contribution >= 0.6 is 0 Å². The molecule has 4 heteroatoms. The van der Waals surface area contributed by atoms with Crippen LogP contribution < -0.4 is 4.90 Å². The summed E-state index contributed by atoms with van der Waals surface area (Å²) in [5.41, 5.74) is 0.849. The van der Waals surface area contributed by atoms with Gasteiger partial charge >= 0.3 is 5.97 Å². The maximum Gasteiger partial charge on any atom is 0.331 e. The Labute approximate surface area is 101 Å². The predicted molar refractivity (Wildman–Crippen MR) is 66.9 cm³/mol. The molecule has 4 nitrogen and oxygen atoms in total. The highest BCUT2D eigenvalue weighted by atomic mass is 16.5. The standard InChI is InChI=1S/C13H17NO3/c1-3-9-17-13(16)12(10-15)14(2)11-7-5-4-6-8-11/h3-8,12,15H,1,9-10H2,2H3/t12-/m0/s1. The second-order valence-corrected chi connectivity index (χ2v) is 3.56. The molecule has 0 bridgehead atoms. The van der Waals surface area contributed by atoms with E-state index in [1.807, 2.05) is 30.3 Å². The number of nitrogens with zero attached hydrogens (tertiary/aromatic N) is 1. The van der Waals surface area contributed by atoms with Crippen molar-refractivity contribution in [2.45, 2.75) is 6.04 Å². The van der Waals surface area contributed by atoms with Gasteiger partial charge in [-0.15, -0.1) is 0 Å². The minimum Gasteiger partial charge on any atom is -0.460 e. The summed E-state index contributed by atoms with van der Waals surface area (Å²) in [6.07, 6.45) is 1.49. The van der Waals surface area contributed by atoms with E-state index in [0.717, 1.165) is 5.69 Å². The molecule has 17 heavy (non-hydrogen) atoms. The summed E-state index contributed by atoms with van der Waals surface area (Å²) in [4.78, 5) is 13.4. The number of anilines is 1. The number of esters is 1. The van der Waals surface area contributed by atoms with Crippen LogP contribution in [0.1, 0.15) is 0 Å². The number of ether oxygens (including phenoxy) is 1. The molecular weight excluding hydrogens is 218 g/mol. The molecule has 0 aliphatic rings. The normalized spacial score (nSPS) is 11.6. The first kappa shape index (κ1) is 13.3. The van der Waals surface area contributed by atoms with Crippen LogP contribution in [0.2, 0.25) is 0 Å². The summed E-state index contributed by atoms with van der Waals surface area (Å²) in [5.74, 6) is -0.459. The molecule has 0 fully saturated rings. The Morgan fingerprint density at radius 2 is 2.18 bits per heavy atom. The molecule has 1 N–H and O–H groups in total. The van der Waals surface area contributed by atoms with Gasteiger partial charge in [-0.2, -0.15) is 0 Å². The molecule has 0 heterocycles. The highest BCUT2D eigenvalue weighted by Crippen LogP contribution is 2.14. The van der Waals surface area contributed by atoms with Crippen molar-refractivity contribution in [3.8, 4) is 0 Å². The van der Waals surface area contributed by atoms with E-state index < -0.39 is 12.0 Å². The maximum absolute atomic E-state index is 11.7. The van der Waals surface area contributed by atoms with E-state index in [1.165, 1.54) is 6.08 Å². The molecular formula is C13H17NO3. The summed E-state index contributed by atoms with van der Waals surface area (Å²) in [5, 5.41) is 9.26. The number of hydrogen-bond acceptors (Lipinski definition) is 4. The number of carbonyl (C=O) groups excluding carboxylic acids is 1. The summed E-state index contributed by atoms with van der Waals surface area (Å²) in [6, 6.07) is 8.66. The van der Waals surface area contributed by atoms with Crippen LogP contribution in [0.3, 0.4) is 0 Å². The van der Waals surface area contributed by atoms with Gasteiger partial charge in [0.05, 0.1) is 6.61 Å². The first-order valence-electron chi connectivity index (χ1n) is 5.37. The van der Waals surface area contributed by atoms with Crippen LogP contribution in [0.5, 0.6) is 0 Å². The first-order chi connectivity index (χ1) is 8.20. The molecule has 0 aromatic heterocycles. The van der Waals surface area contributed by atoms with Crippen molar-refractivity contribution in [1.82, 2.24) is 0 Å². The van der Waals surface area contributed by atoms with Gasteiger partial charge in [-0.1, -0.05) is 30.9 Å².